The van der Waals surface area contributed by atoms with Crippen molar-refractivity contribution in [2.45, 2.75) is 18.0 Å². The van der Waals surface area contributed by atoms with Crippen LogP contribution in [0.3, 0.4) is 0 Å². The minimum Gasteiger partial charge on any atom is -0.366 e. The summed E-state index contributed by atoms with van der Waals surface area (Å²) in [6.07, 6.45) is -3.59. The van der Waals surface area contributed by atoms with Crippen molar-refractivity contribution in [2.24, 2.45) is 12.8 Å². The topological polar surface area (TPSA) is 108 Å². The minimum absolute atomic E-state index is 0.00455. The predicted octanol–water partition coefficient (Wildman–Crippen LogP) is 3.82. The molecule has 0 unspecified atom stereocenters. The Morgan fingerprint density at radius 1 is 1.30 bits per heavy atom. The number of halogens is 3. The van der Waals surface area contributed by atoms with E-state index in [9.17, 15) is 26.4 Å². The normalized spacial score (nSPS) is 12.8. The van der Waals surface area contributed by atoms with Gasteiger partial charge in [0.25, 0.3) is 5.91 Å². The molecule has 4 heterocycles. The number of primary amides is 1. The van der Waals surface area contributed by atoms with E-state index in [-0.39, 0.29) is 32.4 Å². The quantitative estimate of drug-likeness (QED) is 0.484. The van der Waals surface area contributed by atoms with Crippen LogP contribution in [0.1, 0.15) is 23.0 Å². The molecule has 13 heteroatoms. The summed E-state index contributed by atoms with van der Waals surface area (Å²) in [6.45, 7) is 1.49. The molecule has 0 aromatic carbocycles. The fourth-order valence-electron chi connectivity index (χ4n) is 3.05. The maximum absolute atomic E-state index is 13.0. The van der Waals surface area contributed by atoms with Crippen LogP contribution in [-0.4, -0.2) is 34.6 Å². The second kappa shape index (κ2) is 6.75. The molecular formula is C17H13F3N4O3S3. The van der Waals surface area contributed by atoms with Gasteiger partial charge in [0.2, 0.25) is 0 Å². The number of carbonyl (C=O) groups excluding carboxylic acids is 1. The maximum atomic E-state index is 13.0. The Balaban J connectivity index is 2.06. The molecule has 0 fully saturated rings. The number of fused-ring (bicyclic) bond motifs is 2. The zero-order valence-electron chi connectivity index (χ0n) is 15.4. The second-order valence-electron chi connectivity index (χ2n) is 6.39. The minimum atomic E-state index is -4.63. The first-order valence-electron chi connectivity index (χ1n) is 8.42. The molecule has 0 radical (unpaired) electrons. The number of pyridine rings is 1. The standard InChI is InChI=1S/C17H13F3N4O3S3/c1-3-30(26,27)14-12-11(7(6-28-12)15(21)25)29-13(14)16-23-8-4-10(17(18,19)20)22-5-9(8)24(16)2/h4-6H,3H2,1-2H3,(H2,21,25). The Labute approximate surface area is 175 Å². The molecule has 0 saturated heterocycles. The van der Waals surface area contributed by atoms with Crippen molar-refractivity contribution in [3.05, 3.63) is 28.9 Å². The van der Waals surface area contributed by atoms with Gasteiger partial charge in [0, 0.05) is 12.4 Å². The number of carbonyl (C=O) groups is 1. The third-order valence-electron chi connectivity index (χ3n) is 4.58. The lowest BCUT2D eigenvalue weighted by Gasteiger charge is -2.05. The average Bonchev–Trinajstić information content (AvgIpc) is 3.31. The third-order valence-corrected chi connectivity index (χ3v) is 8.97. The zero-order valence-corrected chi connectivity index (χ0v) is 17.9. The van der Waals surface area contributed by atoms with Gasteiger partial charge >= 0.3 is 6.18 Å². The summed E-state index contributed by atoms with van der Waals surface area (Å²) >= 11 is 2.10. The number of hydrogen-bond donors (Lipinski definition) is 1. The highest BCUT2D eigenvalue weighted by Gasteiger charge is 2.34. The molecule has 0 atom stereocenters. The fraction of sp³-hybridized carbons (Fsp3) is 0.235. The Bertz CT molecular complexity index is 1430. The van der Waals surface area contributed by atoms with Gasteiger partial charge in [0.15, 0.2) is 15.7 Å². The molecule has 2 N–H and O–H groups in total. The maximum Gasteiger partial charge on any atom is 0.433 e. The molecule has 1 amide bonds. The molecule has 0 aliphatic heterocycles. The number of hydrogen-bond acceptors (Lipinski definition) is 7. The molecule has 0 bridgehead atoms. The van der Waals surface area contributed by atoms with Gasteiger partial charge in [-0.05, 0) is 6.07 Å². The summed E-state index contributed by atoms with van der Waals surface area (Å²) in [5.74, 6) is -0.722. The summed E-state index contributed by atoms with van der Waals surface area (Å²) < 4.78 is 67.0. The number of aryl methyl sites for hydroxylation is 1. The van der Waals surface area contributed by atoms with Crippen molar-refractivity contribution in [1.29, 1.82) is 0 Å². The van der Waals surface area contributed by atoms with Gasteiger partial charge in [-0.25, -0.2) is 18.4 Å². The molecule has 4 rings (SSSR count). The van der Waals surface area contributed by atoms with Crippen LogP contribution in [0.5, 0.6) is 0 Å². The second-order valence-corrected chi connectivity index (χ2v) is 10.5. The highest BCUT2D eigenvalue weighted by molar-refractivity contribution is 7.92. The van der Waals surface area contributed by atoms with Crippen LogP contribution in [0.2, 0.25) is 0 Å². The largest absolute Gasteiger partial charge is 0.433 e. The molecule has 4 aromatic heterocycles. The lowest BCUT2D eigenvalue weighted by Crippen LogP contribution is -2.09. The average molecular weight is 475 g/mol. The fourth-order valence-corrected chi connectivity index (χ4v) is 7.63. The van der Waals surface area contributed by atoms with Gasteiger partial charge in [0.05, 0.1) is 42.8 Å². The molecule has 7 nitrogen and oxygen atoms in total. The predicted molar refractivity (Wildman–Crippen MR) is 108 cm³/mol. The molecule has 158 valence electrons. The van der Waals surface area contributed by atoms with Gasteiger partial charge in [-0.1, -0.05) is 6.92 Å². The monoisotopic (exact) mass is 474 g/mol. The van der Waals surface area contributed by atoms with E-state index in [1.165, 1.54) is 16.9 Å². The van der Waals surface area contributed by atoms with E-state index in [0.29, 0.717) is 14.9 Å². The molecule has 0 aliphatic carbocycles. The van der Waals surface area contributed by atoms with Gasteiger partial charge in [-0.15, -0.1) is 22.7 Å². The summed E-state index contributed by atoms with van der Waals surface area (Å²) in [4.78, 5) is 19.7. The van der Waals surface area contributed by atoms with E-state index < -0.39 is 27.6 Å². The van der Waals surface area contributed by atoms with Crippen LogP contribution in [0.4, 0.5) is 13.2 Å². The van der Waals surface area contributed by atoms with Crippen LogP contribution in [0.15, 0.2) is 22.5 Å². The molecular weight excluding hydrogens is 461 g/mol. The lowest BCUT2D eigenvalue weighted by molar-refractivity contribution is -0.141. The highest BCUT2D eigenvalue weighted by Crippen LogP contribution is 2.46. The number of amides is 1. The van der Waals surface area contributed by atoms with Crippen LogP contribution in [0, 0.1) is 0 Å². The van der Waals surface area contributed by atoms with E-state index in [1.54, 1.807) is 7.05 Å². The Hall–Kier alpha value is -2.51. The van der Waals surface area contributed by atoms with Crippen LogP contribution >= 0.6 is 22.7 Å². The smallest absolute Gasteiger partial charge is 0.366 e. The van der Waals surface area contributed by atoms with E-state index in [4.69, 9.17) is 5.73 Å². The van der Waals surface area contributed by atoms with Gasteiger partial charge in [-0.2, -0.15) is 13.2 Å². The van der Waals surface area contributed by atoms with E-state index in [2.05, 4.69) is 9.97 Å². The Morgan fingerprint density at radius 3 is 2.60 bits per heavy atom. The van der Waals surface area contributed by atoms with Crippen molar-refractivity contribution < 1.29 is 26.4 Å². The number of nitrogens with zero attached hydrogens (tertiary/aromatic N) is 3. The number of alkyl halides is 3. The SMILES string of the molecule is CCS(=O)(=O)c1c(-c2nc3cc(C(F)(F)F)ncc3n2C)sc2c(C(N)=O)csc12. The van der Waals surface area contributed by atoms with Crippen LogP contribution < -0.4 is 5.73 Å². The Morgan fingerprint density at radius 2 is 2.00 bits per heavy atom. The molecule has 4 aromatic rings. The molecule has 30 heavy (non-hydrogen) atoms. The number of nitrogens with two attached hydrogens (primary N) is 1. The number of imidazole rings is 1. The summed E-state index contributed by atoms with van der Waals surface area (Å²) in [5.41, 5.74) is 4.84. The van der Waals surface area contributed by atoms with Gasteiger partial charge in [0.1, 0.15) is 10.6 Å². The number of sulfone groups is 1. The lowest BCUT2D eigenvalue weighted by atomic mass is 10.3. The van der Waals surface area contributed by atoms with Crippen molar-refractivity contribution in [1.82, 2.24) is 14.5 Å². The number of rotatable bonds is 4. The van der Waals surface area contributed by atoms with Crippen molar-refractivity contribution in [2.75, 3.05) is 5.75 Å². The first-order valence-corrected chi connectivity index (χ1v) is 11.8. The van der Waals surface area contributed by atoms with Crippen LogP contribution in [0.25, 0.3) is 31.1 Å². The van der Waals surface area contributed by atoms with Crippen molar-refractivity contribution in [3.8, 4) is 10.7 Å². The number of aromatic nitrogens is 3. The number of thiophene rings is 2. The molecule has 0 saturated carbocycles. The highest BCUT2D eigenvalue weighted by atomic mass is 32.2. The van der Waals surface area contributed by atoms with Gasteiger partial charge < -0.3 is 10.3 Å². The zero-order chi connectivity index (χ0) is 22.0. The van der Waals surface area contributed by atoms with Gasteiger partial charge in [-0.3, -0.25) is 4.79 Å². The molecule has 0 spiro atoms. The summed E-state index contributed by atoms with van der Waals surface area (Å²) in [7, 11) is -2.18. The molecule has 0 aliphatic rings. The third kappa shape index (κ3) is 3.08. The Kier molecular flexibility index (Phi) is 4.67. The summed E-state index contributed by atoms with van der Waals surface area (Å²) in [5, 5.41) is 1.50. The summed E-state index contributed by atoms with van der Waals surface area (Å²) in [6, 6.07) is 0.817. The van der Waals surface area contributed by atoms with E-state index >= 15 is 0 Å². The van der Waals surface area contributed by atoms with E-state index in [1.807, 2.05) is 0 Å². The van der Waals surface area contributed by atoms with Crippen molar-refractivity contribution in [3.63, 3.8) is 0 Å². The first-order chi connectivity index (χ1) is 14.0. The first kappa shape index (κ1) is 20.8. The van der Waals surface area contributed by atoms with Crippen molar-refractivity contribution >= 4 is 58.9 Å². The van der Waals surface area contributed by atoms with E-state index in [0.717, 1.165) is 34.9 Å². The van der Waals surface area contributed by atoms with Crippen LogP contribution in [-0.2, 0) is 23.1 Å².